The number of piperidine rings is 1. The van der Waals surface area contributed by atoms with Crippen molar-refractivity contribution < 1.29 is 4.79 Å². The summed E-state index contributed by atoms with van der Waals surface area (Å²) in [6, 6.07) is 0.276. The van der Waals surface area contributed by atoms with E-state index in [2.05, 4.69) is 36.4 Å². The van der Waals surface area contributed by atoms with Gasteiger partial charge in [0.05, 0.1) is 6.54 Å². The van der Waals surface area contributed by atoms with Gasteiger partial charge in [0.1, 0.15) is 0 Å². The summed E-state index contributed by atoms with van der Waals surface area (Å²) in [5, 5.41) is 6.29. The molecule has 0 spiro atoms. The Hall–Kier alpha value is -0.610. The largest absolute Gasteiger partial charge is 0.353 e. The Bertz CT molecular complexity index is 260. The number of amides is 1. The van der Waals surface area contributed by atoms with Crippen molar-refractivity contribution in [3.63, 3.8) is 0 Å². The molecule has 18 heavy (non-hydrogen) atoms. The number of nitrogens with one attached hydrogen (secondary N) is 2. The maximum absolute atomic E-state index is 11.6. The number of hydrogen-bond acceptors (Lipinski definition) is 3. The van der Waals surface area contributed by atoms with Crippen LogP contribution in [0.5, 0.6) is 0 Å². The second-order valence-corrected chi connectivity index (χ2v) is 6.09. The molecule has 2 N–H and O–H groups in total. The molecule has 106 valence electrons. The summed E-state index contributed by atoms with van der Waals surface area (Å²) in [6.45, 7) is 10.1. The van der Waals surface area contributed by atoms with Crippen molar-refractivity contribution in [2.45, 2.75) is 46.1 Å². The van der Waals surface area contributed by atoms with Crippen LogP contribution in [0.1, 0.15) is 40.0 Å². The van der Waals surface area contributed by atoms with Gasteiger partial charge in [0.15, 0.2) is 0 Å². The normalized spacial score (nSPS) is 21.6. The van der Waals surface area contributed by atoms with Gasteiger partial charge in [0.2, 0.25) is 5.91 Å². The van der Waals surface area contributed by atoms with Gasteiger partial charge >= 0.3 is 0 Å². The summed E-state index contributed by atoms with van der Waals surface area (Å²) < 4.78 is 0. The first-order valence-corrected chi connectivity index (χ1v) is 7.14. The van der Waals surface area contributed by atoms with Crippen LogP contribution in [0.25, 0.3) is 0 Å². The number of carbonyl (C=O) groups excluding carboxylic acids is 1. The van der Waals surface area contributed by atoms with Gasteiger partial charge in [-0.1, -0.05) is 13.8 Å². The van der Waals surface area contributed by atoms with E-state index in [1.807, 2.05) is 6.92 Å². The van der Waals surface area contributed by atoms with Crippen LogP contribution in [-0.2, 0) is 4.79 Å². The van der Waals surface area contributed by atoms with Crippen molar-refractivity contribution in [3.05, 3.63) is 0 Å². The molecule has 1 aliphatic rings. The molecule has 1 aliphatic heterocycles. The topological polar surface area (TPSA) is 44.4 Å². The maximum atomic E-state index is 11.6. The lowest BCUT2D eigenvalue weighted by molar-refractivity contribution is -0.120. The highest BCUT2D eigenvalue weighted by Gasteiger charge is 2.28. The fourth-order valence-electron chi connectivity index (χ4n) is 2.24. The first kappa shape index (κ1) is 15.4. The van der Waals surface area contributed by atoms with E-state index in [4.69, 9.17) is 0 Å². The molecule has 1 amide bonds. The molecular weight excluding hydrogens is 226 g/mol. The third-order valence-corrected chi connectivity index (χ3v) is 4.05. The molecule has 0 aliphatic carbocycles. The van der Waals surface area contributed by atoms with Crippen molar-refractivity contribution in [1.82, 2.24) is 15.5 Å². The molecule has 0 saturated carbocycles. The van der Waals surface area contributed by atoms with Crippen LogP contribution in [0, 0.1) is 5.41 Å². The van der Waals surface area contributed by atoms with E-state index in [9.17, 15) is 4.79 Å². The smallest absolute Gasteiger partial charge is 0.234 e. The molecule has 0 radical (unpaired) electrons. The summed E-state index contributed by atoms with van der Waals surface area (Å²) in [5.41, 5.74) is 0.350. The molecule has 0 aromatic carbocycles. The molecule has 0 bridgehead atoms. The predicted octanol–water partition coefficient (Wildman–Crippen LogP) is 1.22. The minimum atomic E-state index is 0.112. The number of hydrogen-bond donors (Lipinski definition) is 2. The highest BCUT2D eigenvalue weighted by molar-refractivity contribution is 5.78. The second-order valence-electron chi connectivity index (χ2n) is 6.09. The van der Waals surface area contributed by atoms with Crippen LogP contribution in [0.4, 0.5) is 0 Å². The van der Waals surface area contributed by atoms with Gasteiger partial charge in [-0.25, -0.2) is 0 Å². The molecule has 1 saturated heterocycles. The zero-order chi connectivity index (χ0) is 13.6. The fraction of sp³-hybridized carbons (Fsp3) is 0.929. The maximum Gasteiger partial charge on any atom is 0.234 e. The highest BCUT2D eigenvalue weighted by Crippen LogP contribution is 2.29. The van der Waals surface area contributed by atoms with E-state index in [0.29, 0.717) is 12.0 Å². The van der Waals surface area contributed by atoms with E-state index < -0.39 is 0 Å². The Morgan fingerprint density at radius 2 is 2.00 bits per heavy atom. The first-order valence-electron chi connectivity index (χ1n) is 7.14. The summed E-state index contributed by atoms with van der Waals surface area (Å²) >= 11 is 0. The lowest BCUT2D eigenvalue weighted by Gasteiger charge is -2.38. The molecule has 1 atom stereocenters. The quantitative estimate of drug-likeness (QED) is 0.750. The third kappa shape index (κ3) is 5.36. The number of likely N-dealkylation sites (tertiary alicyclic amines) is 1. The first-order chi connectivity index (χ1) is 8.45. The van der Waals surface area contributed by atoms with Crippen LogP contribution in [0.3, 0.4) is 0 Å². The average molecular weight is 255 g/mol. The van der Waals surface area contributed by atoms with E-state index in [0.717, 1.165) is 26.1 Å². The molecule has 4 heteroatoms. The minimum Gasteiger partial charge on any atom is -0.353 e. The minimum absolute atomic E-state index is 0.112. The Balaban J connectivity index is 2.19. The van der Waals surface area contributed by atoms with E-state index in [1.165, 1.54) is 12.8 Å². The predicted molar refractivity (Wildman–Crippen MR) is 75.6 cm³/mol. The zero-order valence-electron chi connectivity index (χ0n) is 12.4. The monoisotopic (exact) mass is 255 g/mol. The number of carbonyl (C=O) groups is 1. The summed E-state index contributed by atoms with van der Waals surface area (Å²) in [6.07, 6.45) is 3.41. The Morgan fingerprint density at radius 3 is 2.56 bits per heavy atom. The Kier molecular flexibility index (Phi) is 6.09. The van der Waals surface area contributed by atoms with E-state index in [1.54, 1.807) is 0 Å². The Labute approximate surface area is 111 Å². The van der Waals surface area contributed by atoms with E-state index in [-0.39, 0.29) is 11.9 Å². The van der Waals surface area contributed by atoms with Crippen molar-refractivity contribution in [3.8, 4) is 0 Å². The number of rotatable bonds is 6. The summed E-state index contributed by atoms with van der Waals surface area (Å²) in [5.74, 6) is 0.112. The third-order valence-electron chi connectivity index (χ3n) is 4.05. The lowest BCUT2D eigenvalue weighted by atomic mass is 9.80. The van der Waals surface area contributed by atoms with Crippen molar-refractivity contribution >= 4 is 5.91 Å². The van der Waals surface area contributed by atoms with Gasteiger partial charge in [0.25, 0.3) is 0 Å². The molecular formula is C14H29N3O. The molecule has 0 aromatic heterocycles. The fourth-order valence-corrected chi connectivity index (χ4v) is 2.24. The number of nitrogens with zero attached hydrogens (tertiary/aromatic N) is 1. The molecule has 1 heterocycles. The van der Waals surface area contributed by atoms with Crippen LogP contribution in [0.2, 0.25) is 0 Å². The van der Waals surface area contributed by atoms with Gasteiger partial charge < -0.3 is 15.5 Å². The summed E-state index contributed by atoms with van der Waals surface area (Å²) in [4.78, 5) is 14.0. The van der Waals surface area contributed by atoms with Crippen LogP contribution < -0.4 is 10.6 Å². The van der Waals surface area contributed by atoms with Crippen LogP contribution >= 0.6 is 0 Å². The van der Waals surface area contributed by atoms with Gasteiger partial charge in [0, 0.05) is 12.6 Å². The standard InChI is InChI=1S/C14H29N3O/c1-5-12(2)16-13(18)10-15-11-14(3)6-8-17(4)9-7-14/h12,15H,5-11H2,1-4H3,(H,16,18). The SMILES string of the molecule is CCC(C)NC(=O)CNCC1(C)CCN(C)CC1. The molecule has 1 fully saturated rings. The second kappa shape index (κ2) is 7.10. The van der Waals surface area contributed by atoms with Gasteiger partial charge in [-0.15, -0.1) is 0 Å². The van der Waals surface area contributed by atoms with Crippen LogP contribution in [-0.4, -0.2) is 50.1 Å². The van der Waals surface area contributed by atoms with Gasteiger partial charge in [-0.2, -0.15) is 0 Å². The van der Waals surface area contributed by atoms with Crippen molar-refractivity contribution in [2.75, 3.05) is 33.2 Å². The molecule has 4 nitrogen and oxygen atoms in total. The van der Waals surface area contributed by atoms with Crippen molar-refractivity contribution in [2.24, 2.45) is 5.41 Å². The Morgan fingerprint density at radius 1 is 1.39 bits per heavy atom. The average Bonchev–Trinajstić information content (AvgIpc) is 2.33. The van der Waals surface area contributed by atoms with Crippen LogP contribution in [0.15, 0.2) is 0 Å². The molecule has 0 aromatic rings. The highest BCUT2D eigenvalue weighted by atomic mass is 16.1. The lowest BCUT2D eigenvalue weighted by Crippen LogP contribution is -2.45. The van der Waals surface area contributed by atoms with Gasteiger partial charge in [-0.3, -0.25) is 4.79 Å². The van der Waals surface area contributed by atoms with Gasteiger partial charge in [-0.05, 0) is 51.7 Å². The van der Waals surface area contributed by atoms with Crippen molar-refractivity contribution in [1.29, 1.82) is 0 Å². The summed E-state index contributed by atoms with van der Waals surface area (Å²) in [7, 11) is 2.17. The molecule has 1 rings (SSSR count). The van der Waals surface area contributed by atoms with E-state index >= 15 is 0 Å². The zero-order valence-corrected chi connectivity index (χ0v) is 12.4. The molecule has 1 unspecified atom stereocenters.